The molecule has 2 atom stereocenters. The van der Waals surface area contributed by atoms with Crippen LogP contribution in [-0.2, 0) is 21.4 Å². The molecule has 8 nitrogen and oxygen atoms in total. The summed E-state index contributed by atoms with van der Waals surface area (Å²) in [6.07, 6.45) is 2.84. The van der Waals surface area contributed by atoms with E-state index in [1.165, 1.54) is 41.9 Å². The zero-order valence-corrected chi connectivity index (χ0v) is 24.0. The van der Waals surface area contributed by atoms with Crippen LogP contribution in [0.15, 0.2) is 70.0 Å². The molecule has 1 aromatic heterocycles. The summed E-state index contributed by atoms with van der Waals surface area (Å²) in [5.41, 5.74) is 3.33. The molecule has 1 fully saturated rings. The van der Waals surface area contributed by atoms with E-state index in [0.717, 1.165) is 11.1 Å². The molecule has 1 saturated heterocycles. The van der Waals surface area contributed by atoms with E-state index >= 15 is 0 Å². The van der Waals surface area contributed by atoms with Gasteiger partial charge in [-0.05, 0) is 79.3 Å². The maximum absolute atomic E-state index is 13.6. The molecule has 1 aliphatic heterocycles. The molecule has 3 aromatic carbocycles. The highest BCUT2D eigenvalue weighted by Gasteiger charge is 2.33. The van der Waals surface area contributed by atoms with Crippen LogP contribution < -0.4 is 10.0 Å². The van der Waals surface area contributed by atoms with Crippen molar-refractivity contribution in [2.75, 3.05) is 31.1 Å². The molecule has 40 heavy (non-hydrogen) atoms. The molecular weight excluding hydrogens is 553 g/mol. The van der Waals surface area contributed by atoms with Gasteiger partial charge in [-0.2, -0.15) is 4.31 Å². The van der Waals surface area contributed by atoms with Gasteiger partial charge >= 0.3 is 0 Å². The van der Waals surface area contributed by atoms with Crippen molar-refractivity contribution in [1.29, 1.82) is 0 Å². The van der Waals surface area contributed by atoms with Gasteiger partial charge in [0.1, 0.15) is 23.4 Å². The number of aryl methyl sites for hydroxylation is 1. The molecule has 0 spiro atoms. The second-order valence-corrected chi connectivity index (χ2v) is 13.0. The lowest BCUT2D eigenvalue weighted by molar-refractivity contribution is 0.0964. The van der Waals surface area contributed by atoms with Crippen molar-refractivity contribution in [1.82, 2.24) is 9.62 Å². The minimum Gasteiger partial charge on any atom is -0.593 e. The Kier molecular flexibility index (Phi) is 7.92. The molecular formula is C29H30FN3O5S2. The lowest BCUT2D eigenvalue weighted by Crippen LogP contribution is -2.39. The quantitative estimate of drug-likeness (QED) is 0.290. The standard InChI is InChI=1S/C29H30FN3O5S2/c1-18-6-4-8-22(14-18)40(36,37)33-13-5-7-20(17-33)23-15-24-26(16-25(23)32-39(3)35)38-28(27(24)29(34)31-2)19-9-11-21(30)12-10-19/h4,6,8-12,14-16,20,32H,5,7,13,17H2,1-3H3,(H,31,34)/t20-,39+/m1/s1. The number of hydrogen-bond acceptors (Lipinski definition) is 6. The molecule has 0 unspecified atom stereocenters. The maximum atomic E-state index is 13.6. The van der Waals surface area contributed by atoms with Gasteiger partial charge in [-0.3, -0.25) is 4.79 Å². The monoisotopic (exact) mass is 583 g/mol. The minimum atomic E-state index is -3.73. The number of furan rings is 1. The Morgan fingerprint density at radius 3 is 2.58 bits per heavy atom. The van der Waals surface area contributed by atoms with E-state index in [0.29, 0.717) is 41.6 Å². The van der Waals surface area contributed by atoms with Crippen LogP contribution in [-0.4, -0.2) is 49.6 Å². The summed E-state index contributed by atoms with van der Waals surface area (Å²) in [6.45, 7) is 2.47. The fourth-order valence-electron chi connectivity index (χ4n) is 5.24. The van der Waals surface area contributed by atoms with Crippen LogP contribution in [0.3, 0.4) is 0 Å². The first kappa shape index (κ1) is 28.2. The second-order valence-electron chi connectivity index (χ2n) is 9.90. The molecule has 0 aliphatic carbocycles. The van der Waals surface area contributed by atoms with E-state index in [4.69, 9.17) is 4.42 Å². The molecule has 210 valence electrons. The third-order valence-corrected chi connectivity index (χ3v) is 9.49. The van der Waals surface area contributed by atoms with Crippen molar-refractivity contribution in [2.45, 2.75) is 30.6 Å². The summed E-state index contributed by atoms with van der Waals surface area (Å²) in [6, 6.07) is 16.0. The Morgan fingerprint density at radius 1 is 1.15 bits per heavy atom. The lowest BCUT2D eigenvalue weighted by Gasteiger charge is -2.33. The molecule has 1 aliphatic rings. The number of halogens is 1. The van der Waals surface area contributed by atoms with Crippen LogP contribution in [0.25, 0.3) is 22.3 Å². The van der Waals surface area contributed by atoms with Crippen LogP contribution in [0.1, 0.15) is 40.2 Å². The number of hydrogen-bond donors (Lipinski definition) is 2. The van der Waals surface area contributed by atoms with Crippen LogP contribution >= 0.6 is 0 Å². The Morgan fingerprint density at radius 2 is 1.90 bits per heavy atom. The summed E-state index contributed by atoms with van der Waals surface area (Å²) in [5, 5.41) is 3.18. The number of benzene rings is 3. The second kappa shape index (κ2) is 11.2. The first-order valence-electron chi connectivity index (χ1n) is 12.8. The number of fused-ring (bicyclic) bond motifs is 1. The molecule has 2 N–H and O–H groups in total. The third-order valence-electron chi connectivity index (χ3n) is 7.13. The summed E-state index contributed by atoms with van der Waals surface area (Å²) >= 11 is -1.42. The Labute approximate surface area is 235 Å². The maximum Gasteiger partial charge on any atom is 0.255 e. The molecule has 0 saturated carbocycles. The Balaban J connectivity index is 1.62. The van der Waals surface area contributed by atoms with Gasteiger partial charge in [-0.15, -0.1) is 0 Å². The first-order chi connectivity index (χ1) is 19.1. The summed E-state index contributed by atoms with van der Waals surface area (Å²) in [7, 11) is -2.21. The third kappa shape index (κ3) is 5.46. The fourth-order valence-corrected chi connectivity index (χ4v) is 7.35. The zero-order valence-electron chi connectivity index (χ0n) is 22.4. The van der Waals surface area contributed by atoms with E-state index in [-0.39, 0.29) is 34.6 Å². The van der Waals surface area contributed by atoms with E-state index in [1.54, 1.807) is 24.3 Å². The number of amides is 1. The average molecular weight is 584 g/mol. The number of anilines is 1. The topological polar surface area (TPSA) is 115 Å². The highest BCUT2D eigenvalue weighted by atomic mass is 32.2. The van der Waals surface area contributed by atoms with Crippen molar-refractivity contribution in [3.8, 4) is 11.3 Å². The van der Waals surface area contributed by atoms with Crippen molar-refractivity contribution < 1.29 is 26.6 Å². The summed E-state index contributed by atoms with van der Waals surface area (Å²) in [4.78, 5) is 13.3. The fraction of sp³-hybridized carbons (Fsp3) is 0.276. The van der Waals surface area contributed by atoms with Crippen molar-refractivity contribution in [3.05, 3.63) is 83.2 Å². The van der Waals surface area contributed by atoms with Gasteiger partial charge < -0.3 is 14.3 Å². The highest BCUT2D eigenvalue weighted by Crippen LogP contribution is 2.41. The van der Waals surface area contributed by atoms with Crippen molar-refractivity contribution in [3.63, 3.8) is 0 Å². The smallest absolute Gasteiger partial charge is 0.255 e. The average Bonchev–Trinajstić information content (AvgIpc) is 3.30. The molecule has 0 radical (unpaired) electrons. The van der Waals surface area contributed by atoms with Gasteiger partial charge in [0, 0.05) is 37.2 Å². The zero-order chi connectivity index (χ0) is 28.6. The minimum absolute atomic E-state index is 0.227. The van der Waals surface area contributed by atoms with Gasteiger partial charge in [0.25, 0.3) is 5.91 Å². The molecule has 11 heteroatoms. The molecule has 4 aromatic rings. The molecule has 1 amide bonds. The Bertz CT molecular complexity index is 1670. The molecule has 0 bridgehead atoms. The normalized spacial score (nSPS) is 17.1. The van der Waals surface area contributed by atoms with Gasteiger partial charge in [0.2, 0.25) is 10.0 Å². The van der Waals surface area contributed by atoms with Gasteiger partial charge in [0.15, 0.2) is 0 Å². The van der Waals surface area contributed by atoms with Crippen molar-refractivity contribution in [2.24, 2.45) is 0 Å². The van der Waals surface area contributed by atoms with E-state index in [1.807, 2.05) is 19.1 Å². The summed E-state index contributed by atoms with van der Waals surface area (Å²) < 4.78 is 63.5. The first-order valence-corrected chi connectivity index (χ1v) is 15.8. The van der Waals surface area contributed by atoms with Crippen LogP contribution in [0, 0.1) is 12.7 Å². The van der Waals surface area contributed by atoms with Crippen LogP contribution in [0.4, 0.5) is 10.1 Å². The summed E-state index contributed by atoms with van der Waals surface area (Å²) in [5.74, 6) is -0.744. The van der Waals surface area contributed by atoms with E-state index in [2.05, 4.69) is 10.0 Å². The number of sulfonamides is 1. The number of carbonyl (C=O) groups is 1. The predicted molar refractivity (Wildman–Crippen MR) is 155 cm³/mol. The van der Waals surface area contributed by atoms with E-state index < -0.39 is 27.2 Å². The Hall–Kier alpha value is -3.38. The van der Waals surface area contributed by atoms with Gasteiger partial charge in [0.05, 0.1) is 27.5 Å². The number of nitrogens with zero attached hydrogens (tertiary/aromatic N) is 1. The SMILES string of the molecule is CNC(=O)c1c(-c2ccc(F)cc2)oc2cc(N[S@+](C)[O-])c([C@@H]3CCCN(S(=O)(=O)c4cccc(C)c4)C3)cc12. The number of carbonyl (C=O) groups excluding carboxylic acids is 1. The number of nitrogens with one attached hydrogen (secondary N) is 2. The van der Waals surface area contributed by atoms with Crippen molar-refractivity contribution >= 4 is 43.9 Å². The number of piperidine rings is 1. The molecule has 5 rings (SSSR count). The van der Waals surface area contributed by atoms with Crippen LogP contribution in [0.5, 0.6) is 0 Å². The lowest BCUT2D eigenvalue weighted by atomic mass is 9.89. The van der Waals surface area contributed by atoms with Gasteiger partial charge in [-0.25, -0.2) is 17.5 Å². The predicted octanol–water partition coefficient (Wildman–Crippen LogP) is 5.18. The van der Waals surface area contributed by atoms with Gasteiger partial charge in [-0.1, -0.05) is 12.1 Å². The van der Waals surface area contributed by atoms with E-state index in [9.17, 15) is 22.2 Å². The van der Waals surface area contributed by atoms with Crippen LogP contribution in [0.2, 0.25) is 0 Å². The number of rotatable bonds is 7. The highest BCUT2D eigenvalue weighted by molar-refractivity contribution is 7.92. The molecule has 2 heterocycles. The largest absolute Gasteiger partial charge is 0.593 e.